The van der Waals surface area contributed by atoms with E-state index in [4.69, 9.17) is 10.8 Å². The van der Waals surface area contributed by atoms with Gasteiger partial charge in [-0.3, -0.25) is 4.79 Å². The first kappa shape index (κ1) is 14.6. The minimum atomic E-state index is -1.09. The molecular weight excluding hydrogens is 208 g/mol. The lowest BCUT2D eigenvalue weighted by Gasteiger charge is -2.27. The van der Waals surface area contributed by atoms with E-state index in [0.29, 0.717) is 0 Å². The first-order chi connectivity index (χ1) is 7.20. The molecule has 2 unspecified atom stereocenters. The van der Waals surface area contributed by atoms with Gasteiger partial charge in [0.1, 0.15) is 6.04 Å². The number of hydrogen-bond donors (Lipinski definition) is 3. The lowest BCUT2D eigenvalue weighted by Crippen LogP contribution is -2.53. The molecule has 0 fully saturated rings. The highest BCUT2D eigenvalue weighted by Gasteiger charge is 2.30. The molecular formula is C11H20N2O3. The number of hydrogen-bond acceptors (Lipinski definition) is 3. The molecule has 0 radical (unpaired) electrons. The van der Waals surface area contributed by atoms with Crippen molar-refractivity contribution in [1.29, 1.82) is 0 Å². The van der Waals surface area contributed by atoms with Gasteiger partial charge in [0.15, 0.2) is 0 Å². The third-order valence-corrected chi connectivity index (χ3v) is 2.23. The smallest absolute Gasteiger partial charge is 0.326 e. The lowest BCUT2D eigenvalue weighted by molar-refractivity contribution is -0.142. The van der Waals surface area contributed by atoms with Crippen molar-refractivity contribution in [1.82, 2.24) is 5.32 Å². The Morgan fingerprint density at radius 1 is 1.50 bits per heavy atom. The van der Waals surface area contributed by atoms with E-state index >= 15 is 0 Å². The van der Waals surface area contributed by atoms with Gasteiger partial charge in [-0.15, -0.1) is 6.58 Å². The van der Waals surface area contributed by atoms with Crippen molar-refractivity contribution in [3.63, 3.8) is 0 Å². The number of aliphatic carboxylic acids is 1. The zero-order valence-corrected chi connectivity index (χ0v) is 9.99. The summed E-state index contributed by atoms with van der Waals surface area (Å²) < 4.78 is 0. The molecule has 5 heteroatoms. The second kappa shape index (κ2) is 5.65. The normalized spacial score (nSPS) is 15.0. The van der Waals surface area contributed by atoms with Crippen molar-refractivity contribution < 1.29 is 14.7 Å². The Bertz CT molecular complexity index is 281. The number of carboxylic acids is 1. The largest absolute Gasteiger partial charge is 0.480 e. The first-order valence-corrected chi connectivity index (χ1v) is 5.09. The molecule has 0 aliphatic carbocycles. The van der Waals surface area contributed by atoms with Crippen LogP contribution >= 0.6 is 0 Å². The highest BCUT2D eigenvalue weighted by Crippen LogP contribution is 2.17. The van der Waals surface area contributed by atoms with Crippen LogP contribution in [0.3, 0.4) is 0 Å². The van der Waals surface area contributed by atoms with Crippen LogP contribution in [0.4, 0.5) is 0 Å². The summed E-state index contributed by atoms with van der Waals surface area (Å²) >= 11 is 0. The van der Waals surface area contributed by atoms with Crippen molar-refractivity contribution in [2.24, 2.45) is 11.1 Å². The van der Waals surface area contributed by atoms with Crippen molar-refractivity contribution >= 4 is 11.9 Å². The molecule has 0 aromatic heterocycles. The fraction of sp³-hybridized carbons (Fsp3) is 0.636. The second-order valence-electron chi connectivity index (χ2n) is 4.77. The van der Waals surface area contributed by atoms with Gasteiger partial charge in [-0.25, -0.2) is 4.79 Å². The molecule has 0 spiro atoms. The molecule has 0 aliphatic rings. The lowest BCUT2D eigenvalue weighted by atomic mass is 9.87. The molecule has 0 aromatic rings. The van der Waals surface area contributed by atoms with Crippen LogP contribution in [0.25, 0.3) is 0 Å². The molecule has 0 aromatic carbocycles. The van der Waals surface area contributed by atoms with Gasteiger partial charge in [0, 0.05) is 0 Å². The van der Waals surface area contributed by atoms with Crippen LogP contribution in [0.15, 0.2) is 12.7 Å². The Balaban J connectivity index is 4.52. The molecule has 16 heavy (non-hydrogen) atoms. The molecule has 1 amide bonds. The van der Waals surface area contributed by atoms with Crippen LogP contribution in [0.2, 0.25) is 0 Å². The Hall–Kier alpha value is -1.36. The van der Waals surface area contributed by atoms with E-state index in [1.807, 2.05) is 20.8 Å². The van der Waals surface area contributed by atoms with Crippen molar-refractivity contribution in [3.05, 3.63) is 12.7 Å². The molecule has 0 saturated heterocycles. The fourth-order valence-corrected chi connectivity index (χ4v) is 1.04. The van der Waals surface area contributed by atoms with Crippen molar-refractivity contribution in [2.45, 2.75) is 39.3 Å². The van der Waals surface area contributed by atoms with Gasteiger partial charge >= 0.3 is 5.97 Å². The SMILES string of the molecule is C=CCC(NC(=O)C(N)C(C)(C)C)C(=O)O. The highest BCUT2D eigenvalue weighted by molar-refractivity contribution is 5.87. The summed E-state index contributed by atoms with van der Waals surface area (Å²) in [6.45, 7) is 8.90. The van der Waals surface area contributed by atoms with E-state index in [0.717, 1.165) is 0 Å². The van der Waals surface area contributed by atoms with Crippen molar-refractivity contribution in [2.75, 3.05) is 0 Å². The van der Waals surface area contributed by atoms with E-state index in [1.54, 1.807) is 0 Å². The van der Waals surface area contributed by atoms with Crippen LogP contribution in [-0.4, -0.2) is 29.1 Å². The Morgan fingerprint density at radius 2 is 2.00 bits per heavy atom. The first-order valence-electron chi connectivity index (χ1n) is 5.09. The summed E-state index contributed by atoms with van der Waals surface area (Å²) in [6.07, 6.45) is 1.62. The Kier molecular flexibility index (Phi) is 5.17. The van der Waals surface area contributed by atoms with E-state index in [1.165, 1.54) is 6.08 Å². The predicted octanol–water partition coefficient (Wildman–Crippen LogP) is 0.505. The molecule has 0 aliphatic heterocycles. The summed E-state index contributed by atoms with van der Waals surface area (Å²) in [5.41, 5.74) is 5.31. The van der Waals surface area contributed by atoms with E-state index in [-0.39, 0.29) is 6.42 Å². The maximum Gasteiger partial charge on any atom is 0.326 e. The topological polar surface area (TPSA) is 92.4 Å². The van der Waals surface area contributed by atoms with Gasteiger partial charge in [-0.2, -0.15) is 0 Å². The number of amides is 1. The number of nitrogens with two attached hydrogens (primary N) is 1. The second-order valence-corrected chi connectivity index (χ2v) is 4.77. The summed E-state index contributed by atoms with van der Waals surface area (Å²) in [4.78, 5) is 22.4. The highest BCUT2D eigenvalue weighted by atomic mass is 16.4. The van der Waals surface area contributed by atoms with Crippen LogP contribution < -0.4 is 11.1 Å². The number of nitrogens with one attached hydrogen (secondary N) is 1. The van der Waals surface area contributed by atoms with Crippen LogP contribution in [0.5, 0.6) is 0 Å². The molecule has 0 rings (SSSR count). The Labute approximate surface area is 95.7 Å². The van der Waals surface area contributed by atoms with Gasteiger partial charge in [-0.05, 0) is 11.8 Å². The summed E-state index contributed by atoms with van der Waals surface area (Å²) in [6, 6.07) is -1.70. The van der Waals surface area contributed by atoms with Crippen LogP contribution in [-0.2, 0) is 9.59 Å². The summed E-state index contributed by atoms with van der Waals surface area (Å²) in [5.74, 6) is -1.55. The van der Waals surface area contributed by atoms with Crippen LogP contribution in [0, 0.1) is 5.41 Å². The van der Waals surface area contributed by atoms with Gasteiger partial charge in [0.2, 0.25) is 5.91 Å². The van der Waals surface area contributed by atoms with E-state index < -0.39 is 29.4 Å². The van der Waals surface area contributed by atoms with E-state index in [9.17, 15) is 9.59 Å². The molecule has 0 heterocycles. The fourth-order valence-electron chi connectivity index (χ4n) is 1.04. The maximum absolute atomic E-state index is 11.6. The van der Waals surface area contributed by atoms with Gasteiger partial charge in [-0.1, -0.05) is 26.8 Å². The minimum Gasteiger partial charge on any atom is -0.480 e. The van der Waals surface area contributed by atoms with Crippen LogP contribution in [0.1, 0.15) is 27.2 Å². The quantitative estimate of drug-likeness (QED) is 0.598. The standard InChI is InChI=1S/C11H20N2O3/c1-5-6-7(10(15)16)13-9(14)8(12)11(2,3)4/h5,7-8H,1,6,12H2,2-4H3,(H,13,14)(H,15,16). The monoisotopic (exact) mass is 228 g/mol. The summed E-state index contributed by atoms with van der Waals surface area (Å²) in [7, 11) is 0. The number of carbonyl (C=O) groups is 2. The summed E-state index contributed by atoms with van der Waals surface area (Å²) in [5, 5.41) is 11.2. The third-order valence-electron chi connectivity index (χ3n) is 2.23. The van der Waals surface area contributed by atoms with Crippen molar-refractivity contribution in [3.8, 4) is 0 Å². The zero-order valence-electron chi connectivity index (χ0n) is 9.99. The molecule has 4 N–H and O–H groups in total. The molecule has 0 saturated carbocycles. The molecule has 0 bridgehead atoms. The third kappa shape index (κ3) is 4.44. The average molecular weight is 228 g/mol. The van der Waals surface area contributed by atoms with Gasteiger partial charge < -0.3 is 16.2 Å². The van der Waals surface area contributed by atoms with E-state index in [2.05, 4.69) is 11.9 Å². The predicted molar refractivity (Wildman–Crippen MR) is 61.8 cm³/mol. The molecule has 2 atom stereocenters. The number of rotatable bonds is 5. The molecule has 5 nitrogen and oxygen atoms in total. The average Bonchev–Trinajstić information content (AvgIpc) is 2.14. The van der Waals surface area contributed by atoms with Gasteiger partial charge in [0.05, 0.1) is 6.04 Å². The zero-order chi connectivity index (χ0) is 12.9. The maximum atomic E-state index is 11.6. The molecule has 92 valence electrons. The number of carboxylic acid groups (broad SMARTS) is 1. The Morgan fingerprint density at radius 3 is 2.31 bits per heavy atom. The van der Waals surface area contributed by atoms with Gasteiger partial charge in [0.25, 0.3) is 0 Å². The number of carbonyl (C=O) groups excluding carboxylic acids is 1. The minimum absolute atomic E-state index is 0.179.